The molecule has 0 heterocycles. The maximum absolute atomic E-state index is 13.2. The van der Waals surface area contributed by atoms with Crippen LogP contribution in [0.2, 0.25) is 0 Å². The van der Waals surface area contributed by atoms with Gasteiger partial charge in [0.1, 0.15) is 5.25 Å². The van der Waals surface area contributed by atoms with Crippen LogP contribution in [0.4, 0.5) is 30.7 Å². The number of hydrogen-bond acceptors (Lipinski definition) is 3. The van der Waals surface area contributed by atoms with Crippen molar-refractivity contribution >= 4 is 17.7 Å². The first-order valence-electron chi connectivity index (χ1n) is 8.51. The highest BCUT2D eigenvalue weighted by molar-refractivity contribution is 8.00. The molecule has 1 unspecified atom stereocenters. The Hall–Kier alpha value is -0.670. The molecule has 0 spiro atoms. The molecule has 0 amide bonds. The predicted octanol–water partition coefficient (Wildman–Crippen LogP) is 6.23. The number of rotatable bonds is 13. The number of halogens is 7. The van der Waals surface area contributed by atoms with Gasteiger partial charge in [-0.3, -0.25) is 4.79 Å². The average molecular weight is 414 g/mol. The summed E-state index contributed by atoms with van der Waals surface area (Å²) >= 11 is 1.15. The van der Waals surface area contributed by atoms with E-state index in [2.05, 4.69) is 0 Å². The van der Waals surface area contributed by atoms with Crippen molar-refractivity contribution in [2.45, 2.75) is 82.1 Å². The van der Waals surface area contributed by atoms with Crippen molar-refractivity contribution in [2.75, 3.05) is 12.4 Å². The molecule has 2 nitrogen and oxygen atoms in total. The fraction of sp³-hybridized carbons (Fsp3) is 0.938. The molecule has 0 saturated carbocycles. The van der Waals surface area contributed by atoms with Gasteiger partial charge in [0.2, 0.25) is 0 Å². The van der Waals surface area contributed by atoms with Gasteiger partial charge in [0.05, 0.1) is 6.61 Å². The van der Waals surface area contributed by atoms with Gasteiger partial charge in [-0.1, -0.05) is 26.2 Å². The van der Waals surface area contributed by atoms with E-state index < -0.39 is 42.1 Å². The second kappa shape index (κ2) is 11.2. The van der Waals surface area contributed by atoms with E-state index in [1.54, 1.807) is 6.92 Å². The van der Waals surface area contributed by atoms with Gasteiger partial charge in [0.25, 0.3) is 0 Å². The third-order valence-electron chi connectivity index (χ3n) is 3.64. The van der Waals surface area contributed by atoms with E-state index in [0.717, 1.165) is 31.0 Å². The summed E-state index contributed by atoms with van der Waals surface area (Å²) in [6.45, 7) is 3.83. The summed E-state index contributed by atoms with van der Waals surface area (Å²) in [5.41, 5.74) is 0. The number of alkyl halides is 7. The van der Waals surface area contributed by atoms with Gasteiger partial charge >= 0.3 is 24.0 Å². The molecule has 0 rings (SSSR count). The Balaban J connectivity index is 4.41. The van der Waals surface area contributed by atoms with Crippen LogP contribution in [0.25, 0.3) is 0 Å². The van der Waals surface area contributed by atoms with Gasteiger partial charge in [-0.15, -0.1) is 11.8 Å². The van der Waals surface area contributed by atoms with Crippen molar-refractivity contribution in [3.8, 4) is 0 Å². The number of thioether (sulfide) groups is 1. The van der Waals surface area contributed by atoms with E-state index in [4.69, 9.17) is 4.74 Å². The van der Waals surface area contributed by atoms with Crippen molar-refractivity contribution < 1.29 is 40.3 Å². The Morgan fingerprint density at radius 2 is 1.58 bits per heavy atom. The Labute approximate surface area is 153 Å². The Morgan fingerprint density at radius 1 is 0.962 bits per heavy atom. The molecule has 0 aromatic rings. The second-order valence-electron chi connectivity index (χ2n) is 5.84. The molecular formula is C16H25F7O2S. The molecule has 0 radical (unpaired) electrons. The van der Waals surface area contributed by atoms with E-state index in [1.165, 1.54) is 0 Å². The van der Waals surface area contributed by atoms with Crippen LogP contribution in [0.15, 0.2) is 0 Å². The van der Waals surface area contributed by atoms with Crippen LogP contribution in [0.1, 0.15) is 58.8 Å². The van der Waals surface area contributed by atoms with E-state index in [1.807, 2.05) is 6.92 Å². The van der Waals surface area contributed by atoms with E-state index in [0.29, 0.717) is 6.42 Å². The van der Waals surface area contributed by atoms with E-state index in [9.17, 15) is 35.5 Å². The lowest BCUT2D eigenvalue weighted by atomic mass is 10.0. The molecule has 26 heavy (non-hydrogen) atoms. The van der Waals surface area contributed by atoms with Crippen LogP contribution in [0.5, 0.6) is 0 Å². The first kappa shape index (κ1) is 25.3. The van der Waals surface area contributed by atoms with Gasteiger partial charge in [0, 0.05) is 6.42 Å². The third-order valence-corrected chi connectivity index (χ3v) is 4.99. The lowest BCUT2D eigenvalue weighted by molar-refractivity contribution is -0.355. The highest BCUT2D eigenvalue weighted by atomic mass is 32.2. The molecule has 0 aromatic heterocycles. The molecule has 156 valence electrons. The number of esters is 1. The Bertz CT molecular complexity index is 414. The summed E-state index contributed by atoms with van der Waals surface area (Å²) in [4.78, 5) is 11.8. The van der Waals surface area contributed by atoms with Crippen molar-refractivity contribution in [3.05, 3.63) is 0 Å². The number of hydrogen-bond donors (Lipinski definition) is 0. The predicted molar refractivity (Wildman–Crippen MR) is 86.8 cm³/mol. The molecule has 0 fully saturated rings. The Kier molecular flexibility index (Phi) is 10.9. The molecule has 0 N–H and O–H groups in total. The van der Waals surface area contributed by atoms with Crippen LogP contribution in [-0.2, 0) is 9.53 Å². The number of ether oxygens (including phenoxy) is 1. The Morgan fingerprint density at radius 3 is 2.08 bits per heavy atom. The minimum atomic E-state index is -6.29. The van der Waals surface area contributed by atoms with Crippen LogP contribution in [0, 0.1) is 0 Å². The third kappa shape index (κ3) is 7.92. The lowest BCUT2D eigenvalue weighted by Crippen LogP contribution is -2.51. The van der Waals surface area contributed by atoms with Gasteiger partial charge in [-0.25, -0.2) is 0 Å². The SMILES string of the molecule is CCCCCC(SCCCCC(F)(F)C(F)(F)C(F)(F)F)C(=O)OCC. The van der Waals surface area contributed by atoms with Gasteiger partial charge in [0.15, 0.2) is 0 Å². The smallest absolute Gasteiger partial charge is 0.459 e. The topological polar surface area (TPSA) is 26.3 Å². The average Bonchev–Trinajstić information content (AvgIpc) is 2.51. The summed E-state index contributed by atoms with van der Waals surface area (Å²) in [5, 5.41) is -0.487. The zero-order chi connectivity index (χ0) is 20.4. The van der Waals surface area contributed by atoms with Crippen LogP contribution >= 0.6 is 11.8 Å². The summed E-state index contributed by atoms with van der Waals surface area (Å²) < 4.78 is 92.9. The minimum absolute atomic E-state index is 0.00211. The molecule has 0 bridgehead atoms. The normalized spacial score (nSPS) is 14.3. The monoisotopic (exact) mass is 414 g/mol. The highest BCUT2D eigenvalue weighted by Gasteiger charge is 2.72. The zero-order valence-electron chi connectivity index (χ0n) is 14.8. The van der Waals surface area contributed by atoms with E-state index in [-0.39, 0.29) is 18.8 Å². The second-order valence-corrected chi connectivity index (χ2v) is 7.15. The number of carbonyl (C=O) groups excluding carboxylic acids is 1. The highest BCUT2D eigenvalue weighted by Crippen LogP contribution is 2.48. The minimum Gasteiger partial charge on any atom is -0.465 e. The molecule has 0 aliphatic heterocycles. The summed E-state index contributed by atoms with van der Waals surface area (Å²) in [7, 11) is 0. The zero-order valence-corrected chi connectivity index (χ0v) is 15.6. The largest absolute Gasteiger partial charge is 0.465 e. The molecule has 0 saturated heterocycles. The fourth-order valence-corrected chi connectivity index (χ4v) is 3.32. The first-order chi connectivity index (χ1) is 11.9. The molecular weight excluding hydrogens is 389 g/mol. The van der Waals surface area contributed by atoms with Crippen molar-refractivity contribution in [2.24, 2.45) is 0 Å². The van der Waals surface area contributed by atoms with Gasteiger partial charge < -0.3 is 4.74 Å². The standard InChI is InChI=1S/C16H25F7O2S/c1-3-5-6-9-12(13(24)25-4-2)26-11-8-7-10-14(17,18)15(19,20)16(21,22)23/h12H,3-11H2,1-2H3. The number of carbonyl (C=O) groups is 1. The lowest BCUT2D eigenvalue weighted by Gasteiger charge is -2.28. The summed E-state index contributed by atoms with van der Waals surface area (Å²) in [5.74, 6) is -11.4. The van der Waals surface area contributed by atoms with Crippen LogP contribution in [-0.4, -0.2) is 41.6 Å². The van der Waals surface area contributed by atoms with Crippen molar-refractivity contribution in [1.82, 2.24) is 0 Å². The molecule has 1 atom stereocenters. The van der Waals surface area contributed by atoms with Crippen molar-refractivity contribution in [3.63, 3.8) is 0 Å². The maximum atomic E-state index is 13.2. The van der Waals surface area contributed by atoms with Crippen molar-refractivity contribution in [1.29, 1.82) is 0 Å². The summed E-state index contributed by atoms with van der Waals surface area (Å²) in [6.07, 6.45) is -5.19. The van der Waals surface area contributed by atoms with Gasteiger partial charge in [-0.2, -0.15) is 30.7 Å². The molecule has 0 aromatic carbocycles. The maximum Gasteiger partial charge on any atom is 0.459 e. The van der Waals surface area contributed by atoms with Crippen LogP contribution in [0.3, 0.4) is 0 Å². The summed E-state index contributed by atoms with van der Waals surface area (Å²) in [6, 6.07) is 0. The van der Waals surface area contributed by atoms with Crippen LogP contribution < -0.4 is 0 Å². The quantitative estimate of drug-likeness (QED) is 0.203. The molecule has 0 aliphatic rings. The van der Waals surface area contributed by atoms with Gasteiger partial charge in [-0.05, 0) is 31.9 Å². The number of unbranched alkanes of at least 4 members (excludes halogenated alkanes) is 3. The molecule has 10 heteroatoms. The molecule has 0 aliphatic carbocycles. The fourth-order valence-electron chi connectivity index (χ4n) is 2.12. The first-order valence-corrected chi connectivity index (χ1v) is 9.56. The van der Waals surface area contributed by atoms with E-state index >= 15 is 0 Å².